The second kappa shape index (κ2) is 7.22. The highest BCUT2D eigenvalue weighted by atomic mass is 16.6. The van der Waals surface area contributed by atoms with E-state index in [0.717, 1.165) is 25.7 Å². The second-order valence-corrected chi connectivity index (χ2v) is 5.50. The van der Waals surface area contributed by atoms with Crippen LogP contribution in [0.25, 0.3) is 0 Å². The normalized spacial score (nSPS) is 21.2. The second-order valence-electron chi connectivity index (χ2n) is 5.50. The summed E-state index contributed by atoms with van der Waals surface area (Å²) in [5.41, 5.74) is 5.96. The summed E-state index contributed by atoms with van der Waals surface area (Å²) in [7, 11) is 1.34. The van der Waals surface area contributed by atoms with E-state index in [9.17, 15) is 14.9 Å². The fourth-order valence-corrected chi connectivity index (χ4v) is 2.90. The Balaban J connectivity index is 2.13. The van der Waals surface area contributed by atoms with Gasteiger partial charge in [0, 0.05) is 23.7 Å². The summed E-state index contributed by atoms with van der Waals surface area (Å²) in [6.07, 6.45) is 4.15. The van der Waals surface area contributed by atoms with Gasteiger partial charge in [0.2, 0.25) is 0 Å². The monoisotopic (exact) mass is 307 g/mol. The first-order chi connectivity index (χ1) is 10.6. The van der Waals surface area contributed by atoms with Crippen molar-refractivity contribution < 1.29 is 14.5 Å². The quantitative estimate of drug-likeness (QED) is 0.637. The Hall–Kier alpha value is -2.15. The van der Waals surface area contributed by atoms with Gasteiger partial charge in [0.15, 0.2) is 5.75 Å². The summed E-state index contributed by atoms with van der Waals surface area (Å²) in [4.78, 5) is 22.7. The molecule has 22 heavy (non-hydrogen) atoms. The highest BCUT2D eigenvalue weighted by Crippen LogP contribution is 2.28. The summed E-state index contributed by atoms with van der Waals surface area (Å²) in [5, 5.41) is 13.9. The van der Waals surface area contributed by atoms with Gasteiger partial charge in [-0.05, 0) is 31.4 Å². The van der Waals surface area contributed by atoms with Crippen molar-refractivity contribution in [2.24, 2.45) is 11.7 Å². The molecular formula is C15H21N3O4. The van der Waals surface area contributed by atoms with Crippen molar-refractivity contribution in [1.82, 2.24) is 5.32 Å². The van der Waals surface area contributed by atoms with E-state index in [1.165, 1.54) is 25.3 Å². The molecule has 0 spiro atoms. The number of nitrogens with one attached hydrogen (secondary N) is 1. The van der Waals surface area contributed by atoms with Crippen LogP contribution in [0.5, 0.6) is 5.75 Å². The number of rotatable bonds is 5. The van der Waals surface area contributed by atoms with Crippen LogP contribution in [0.4, 0.5) is 5.69 Å². The summed E-state index contributed by atoms with van der Waals surface area (Å²) < 4.78 is 4.99. The lowest BCUT2D eigenvalue weighted by atomic mass is 9.84. The van der Waals surface area contributed by atoms with Crippen LogP contribution in [0.2, 0.25) is 0 Å². The molecule has 1 fully saturated rings. The van der Waals surface area contributed by atoms with E-state index in [1.807, 2.05) is 0 Å². The van der Waals surface area contributed by atoms with Crippen molar-refractivity contribution in [2.75, 3.05) is 13.7 Å². The third kappa shape index (κ3) is 3.54. The fourth-order valence-electron chi connectivity index (χ4n) is 2.90. The maximum Gasteiger partial charge on any atom is 0.310 e. The third-order valence-corrected chi connectivity index (χ3v) is 4.17. The molecule has 0 saturated heterocycles. The molecule has 2 rings (SSSR count). The van der Waals surface area contributed by atoms with Gasteiger partial charge < -0.3 is 15.8 Å². The Kier molecular flexibility index (Phi) is 5.32. The Bertz CT molecular complexity index is 562. The van der Waals surface area contributed by atoms with Gasteiger partial charge in [-0.3, -0.25) is 14.9 Å². The highest BCUT2D eigenvalue weighted by molar-refractivity contribution is 5.95. The van der Waals surface area contributed by atoms with Crippen molar-refractivity contribution >= 4 is 11.6 Å². The summed E-state index contributed by atoms with van der Waals surface area (Å²) in [5.74, 6) is 0.118. The number of nitro groups is 1. The average Bonchev–Trinajstić information content (AvgIpc) is 2.54. The molecular weight excluding hydrogens is 286 g/mol. The number of amides is 1. The minimum absolute atomic E-state index is 0.0624. The molecule has 2 atom stereocenters. The van der Waals surface area contributed by atoms with Crippen molar-refractivity contribution in [1.29, 1.82) is 0 Å². The molecule has 1 amide bonds. The number of nitro benzene ring substituents is 1. The number of methoxy groups -OCH3 is 1. The number of carbonyl (C=O) groups excluding carboxylic acids is 1. The zero-order valence-corrected chi connectivity index (χ0v) is 12.6. The number of ether oxygens (including phenoxy) is 1. The number of nitrogens with two attached hydrogens (primary N) is 1. The van der Waals surface area contributed by atoms with Gasteiger partial charge in [0.1, 0.15) is 0 Å². The topological polar surface area (TPSA) is 107 Å². The molecule has 2 unspecified atom stereocenters. The molecule has 1 aromatic rings. The van der Waals surface area contributed by atoms with Crippen LogP contribution in [0.3, 0.4) is 0 Å². The zero-order chi connectivity index (χ0) is 16.1. The molecule has 1 saturated carbocycles. The molecule has 1 aliphatic rings. The lowest BCUT2D eigenvalue weighted by molar-refractivity contribution is -0.385. The molecule has 7 heteroatoms. The Morgan fingerprint density at radius 2 is 2.18 bits per heavy atom. The standard InChI is InChI=1S/C15H21N3O4/c1-22-14-8-10(6-7-13(14)18(20)21)15(19)17-12-5-3-2-4-11(12)9-16/h6-8,11-12H,2-5,9,16H2,1H3,(H,17,19). The Morgan fingerprint density at radius 1 is 1.45 bits per heavy atom. The van der Waals surface area contributed by atoms with Gasteiger partial charge in [-0.15, -0.1) is 0 Å². The van der Waals surface area contributed by atoms with E-state index in [-0.39, 0.29) is 29.3 Å². The maximum absolute atomic E-state index is 12.3. The largest absolute Gasteiger partial charge is 0.490 e. The van der Waals surface area contributed by atoms with Crippen LogP contribution in [0, 0.1) is 16.0 Å². The highest BCUT2D eigenvalue weighted by Gasteiger charge is 2.26. The summed E-state index contributed by atoms with van der Waals surface area (Å²) >= 11 is 0. The number of carbonyl (C=O) groups is 1. The van der Waals surface area contributed by atoms with Gasteiger partial charge in [0.05, 0.1) is 12.0 Å². The van der Waals surface area contributed by atoms with Crippen molar-refractivity contribution in [3.63, 3.8) is 0 Å². The molecule has 3 N–H and O–H groups in total. The molecule has 120 valence electrons. The smallest absolute Gasteiger partial charge is 0.310 e. The van der Waals surface area contributed by atoms with E-state index >= 15 is 0 Å². The van der Waals surface area contributed by atoms with E-state index in [2.05, 4.69) is 5.32 Å². The van der Waals surface area contributed by atoms with Crippen LogP contribution in [0.15, 0.2) is 18.2 Å². The molecule has 0 heterocycles. The molecule has 1 aromatic carbocycles. The van der Waals surface area contributed by atoms with Crippen LogP contribution in [0.1, 0.15) is 36.0 Å². The van der Waals surface area contributed by atoms with Crippen LogP contribution in [-0.4, -0.2) is 30.5 Å². The van der Waals surface area contributed by atoms with Gasteiger partial charge in [-0.1, -0.05) is 12.8 Å². The number of benzene rings is 1. The molecule has 0 aromatic heterocycles. The predicted molar refractivity (Wildman–Crippen MR) is 81.9 cm³/mol. The first kappa shape index (κ1) is 16.2. The summed E-state index contributed by atoms with van der Waals surface area (Å²) in [6, 6.07) is 4.19. The Morgan fingerprint density at radius 3 is 2.82 bits per heavy atom. The molecule has 0 aliphatic heterocycles. The lowest BCUT2D eigenvalue weighted by Gasteiger charge is -2.31. The van der Waals surface area contributed by atoms with Gasteiger partial charge >= 0.3 is 5.69 Å². The summed E-state index contributed by atoms with van der Waals surface area (Å²) in [6.45, 7) is 0.550. The molecule has 0 bridgehead atoms. The number of hydrogen-bond donors (Lipinski definition) is 2. The first-order valence-electron chi connectivity index (χ1n) is 7.40. The fraction of sp³-hybridized carbons (Fsp3) is 0.533. The lowest BCUT2D eigenvalue weighted by Crippen LogP contribution is -2.44. The van der Waals surface area contributed by atoms with E-state index < -0.39 is 4.92 Å². The molecule has 1 aliphatic carbocycles. The zero-order valence-electron chi connectivity index (χ0n) is 12.6. The SMILES string of the molecule is COc1cc(C(=O)NC2CCCCC2CN)ccc1[N+](=O)[O-]. The average molecular weight is 307 g/mol. The van der Waals surface area contributed by atoms with E-state index in [0.29, 0.717) is 12.1 Å². The number of hydrogen-bond acceptors (Lipinski definition) is 5. The van der Waals surface area contributed by atoms with E-state index in [4.69, 9.17) is 10.5 Å². The van der Waals surface area contributed by atoms with Gasteiger partial charge in [-0.25, -0.2) is 0 Å². The van der Waals surface area contributed by atoms with Crippen molar-refractivity contribution in [2.45, 2.75) is 31.7 Å². The molecule has 7 nitrogen and oxygen atoms in total. The van der Waals surface area contributed by atoms with Gasteiger partial charge in [0.25, 0.3) is 5.91 Å². The van der Waals surface area contributed by atoms with Crippen molar-refractivity contribution in [3.8, 4) is 5.75 Å². The minimum Gasteiger partial charge on any atom is -0.490 e. The maximum atomic E-state index is 12.3. The van der Waals surface area contributed by atoms with Crippen molar-refractivity contribution in [3.05, 3.63) is 33.9 Å². The number of nitrogens with zero attached hydrogens (tertiary/aromatic N) is 1. The third-order valence-electron chi connectivity index (χ3n) is 4.17. The Labute approximate surface area is 129 Å². The predicted octanol–water partition coefficient (Wildman–Crippen LogP) is 1.85. The molecule has 0 radical (unpaired) electrons. The van der Waals surface area contributed by atoms with E-state index in [1.54, 1.807) is 0 Å². The van der Waals surface area contributed by atoms with Gasteiger partial charge in [-0.2, -0.15) is 0 Å². The first-order valence-corrected chi connectivity index (χ1v) is 7.40. The van der Waals surface area contributed by atoms with Crippen LogP contribution in [-0.2, 0) is 0 Å². The van der Waals surface area contributed by atoms with Crippen LogP contribution < -0.4 is 15.8 Å². The minimum atomic E-state index is -0.536. The van der Waals surface area contributed by atoms with Crippen LogP contribution >= 0.6 is 0 Å².